The smallest absolute Gasteiger partial charge is 0.276 e. The fraction of sp³-hybridized carbons (Fsp3) is 0.261. The highest BCUT2D eigenvalue weighted by molar-refractivity contribution is 7.89. The van der Waals surface area contributed by atoms with Crippen molar-refractivity contribution in [1.29, 1.82) is 0 Å². The SMILES string of the molecule is CCN(CC)S(=O)(=O)c1ccc(Oc2ccc(C)cc2)c(NC(=O)c2ccc(=O)n(C)n2)c1. The Balaban J connectivity index is 2.03. The van der Waals surface area contributed by atoms with Crippen molar-refractivity contribution in [1.82, 2.24) is 14.1 Å². The third-order valence-corrected chi connectivity index (χ3v) is 7.03. The monoisotopic (exact) mass is 470 g/mol. The highest BCUT2D eigenvalue weighted by atomic mass is 32.2. The lowest BCUT2D eigenvalue weighted by Crippen LogP contribution is -2.30. The summed E-state index contributed by atoms with van der Waals surface area (Å²) in [4.78, 5) is 24.4. The summed E-state index contributed by atoms with van der Waals surface area (Å²) < 4.78 is 34.3. The minimum absolute atomic E-state index is 0.00427. The summed E-state index contributed by atoms with van der Waals surface area (Å²) >= 11 is 0. The number of rotatable bonds is 8. The third-order valence-electron chi connectivity index (χ3n) is 4.98. The zero-order valence-electron chi connectivity index (χ0n) is 18.9. The predicted octanol–water partition coefficient (Wildman–Crippen LogP) is 3.16. The first-order valence-corrected chi connectivity index (χ1v) is 11.8. The molecule has 10 heteroatoms. The topological polar surface area (TPSA) is 111 Å². The molecule has 0 saturated heterocycles. The molecule has 1 heterocycles. The summed E-state index contributed by atoms with van der Waals surface area (Å²) in [6, 6.07) is 14.1. The van der Waals surface area contributed by atoms with Crippen LogP contribution >= 0.6 is 0 Å². The number of aryl methyl sites for hydroxylation is 2. The molecule has 0 unspecified atom stereocenters. The van der Waals surface area contributed by atoms with Crippen LogP contribution in [0.4, 0.5) is 5.69 Å². The molecule has 2 aromatic carbocycles. The molecule has 0 aliphatic heterocycles. The first-order chi connectivity index (χ1) is 15.6. The molecule has 9 nitrogen and oxygen atoms in total. The molecule has 0 saturated carbocycles. The van der Waals surface area contributed by atoms with E-state index >= 15 is 0 Å². The first-order valence-electron chi connectivity index (χ1n) is 10.4. The van der Waals surface area contributed by atoms with E-state index in [1.165, 1.54) is 41.7 Å². The maximum atomic E-state index is 13.0. The van der Waals surface area contributed by atoms with Crippen LogP contribution in [0.2, 0.25) is 0 Å². The van der Waals surface area contributed by atoms with E-state index in [1.54, 1.807) is 26.0 Å². The number of nitrogens with zero attached hydrogens (tertiary/aromatic N) is 3. The molecule has 1 amide bonds. The van der Waals surface area contributed by atoms with Crippen molar-refractivity contribution in [3.63, 3.8) is 0 Å². The third kappa shape index (κ3) is 5.47. The number of carbonyl (C=O) groups excluding carboxylic acids is 1. The van der Waals surface area contributed by atoms with Gasteiger partial charge in [0.05, 0.1) is 10.6 Å². The van der Waals surface area contributed by atoms with Crippen LogP contribution in [0, 0.1) is 6.92 Å². The Bertz CT molecular complexity index is 1310. The van der Waals surface area contributed by atoms with Crippen LogP contribution in [0.3, 0.4) is 0 Å². The average molecular weight is 471 g/mol. The molecule has 0 spiro atoms. The van der Waals surface area contributed by atoms with Gasteiger partial charge < -0.3 is 10.1 Å². The summed E-state index contributed by atoms with van der Waals surface area (Å²) in [7, 11) is -2.33. The van der Waals surface area contributed by atoms with Crippen molar-refractivity contribution < 1.29 is 17.9 Å². The van der Waals surface area contributed by atoms with Gasteiger partial charge in [-0.1, -0.05) is 31.5 Å². The summed E-state index contributed by atoms with van der Waals surface area (Å²) in [6.45, 7) is 6.07. The number of amides is 1. The molecule has 0 fully saturated rings. The van der Waals surface area contributed by atoms with Crippen molar-refractivity contribution in [3.05, 3.63) is 76.2 Å². The van der Waals surface area contributed by atoms with E-state index in [9.17, 15) is 18.0 Å². The van der Waals surface area contributed by atoms with Crippen LogP contribution in [-0.2, 0) is 17.1 Å². The van der Waals surface area contributed by atoms with Gasteiger partial charge in [-0.15, -0.1) is 0 Å². The number of sulfonamides is 1. The summed E-state index contributed by atoms with van der Waals surface area (Å²) in [5.41, 5.74) is 0.847. The van der Waals surface area contributed by atoms with Crippen LogP contribution in [0.5, 0.6) is 11.5 Å². The zero-order valence-corrected chi connectivity index (χ0v) is 19.7. The van der Waals surface area contributed by atoms with Crippen LogP contribution < -0.4 is 15.6 Å². The molecule has 3 rings (SSSR count). The Labute approximate surface area is 192 Å². The van der Waals surface area contributed by atoms with Gasteiger partial charge in [-0.05, 0) is 43.3 Å². The lowest BCUT2D eigenvalue weighted by Gasteiger charge is -2.20. The summed E-state index contributed by atoms with van der Waals surface area (Å²) in [5.74, 6) is 0.169. The van der Waals surface area contributed by atoms with E-state index < -0.39 is 15.9 Å². The standard InChI is InChI=1S/C23H26N4O5S/c1-5-27(6-2)33(30,31)18-11-13-21(32-17-9-7-16(3)8-10-17)20(15-18)24-23(29)19-12-14-22(28)26(4)25-19/h7-15H,5-6H2,1-4H3,(H,24,29). The van der Waals surface area contributed by atoms with E-state index in [0.29, 0.717) is 18.8 Å². The molecule has 174 valence electrons. The van der Waals surface area contributed by atoms with Crippen LogP contribution in [0.1, 0.15) is 29.9 Å². The van der Waals surface area contributed by atoms with Crippen LogP contribution in [0.25, 0.3) is 0 Å². The Morgan fingerprint density at radius 3 is 2.33 bits per heavy atom. The zero-order chi connectivity index (χ0) is 24.2. The van der Waals surface area contributed by atoms with Gasteiger partial charge in [-0.25, -0.2) is 13.1 Å². The van der Waals surface area contributed by atoms with Gasteiger partial charge in [-0.2, -0.15) is 9.40 Å². The number of benzene rings is 2. The fourth-order valence-electron chi connectivity index (χ4n) is 3.11. The van der Waals surface area contributed by atoms with Crippen molar-refractivity contribution in [3.8, 4) is 11.5 Å². The normalized spacial score (nSPS) is 11.4. The van der Waals surface area contributed by atoms with E-state index in [4.69, 9.17) is 4.74 Å². The van der Waals surface area contributed by atoms with Crippen molar-refractivity contribution in [2.45, 2.75) is 25.7 Å². The molecule has 0 radical (unpaired) electrons. The maximum Gasteiger partial charge on any atom is 0.276 e. The Hall–Kier alpha value is -3.50. The molecule has 3 aromatic rings. The van der Waals surface area contributed by atoms with Gasteiger partial charge in [0.25, 0.3) is 11.5 Å². The van der Waals surface area contributed by atoms with Gasteiger partial charge in [0.2, 0.25) is 10.0 Å². The minimum Gasteiger partial charge on any atom is -0.455 e. The molecule has 33 heavy (non-hydrogen) atoms. The fourth-order valence-corrected chi connectivity index (χ4v) is 4.60. The van der Waals surface area contributed by atoms with E-state index in [0.717, 1.165) is 10.2 Å². The molecule has 1 aromatic heterocycles. The number of carbonyl (C=O) groups is 1. The molecular weight excluding hydrogens is 444 g/mol. The quantitative estimate of drug-likeness (QED) is 0.541. The number of anilines is 1. The van der Waals surface area contributed by atoms with Crippen molar-refractivity contribution in [2.24, 2.45) is 7.05 Å². The van der Waals surface area contributed by atoms with Gasteiger partial charge >= 0.3 is 0 Å². The molecule has 0 bridgehead atoms. The number of hydrogen-bond donors (Lipinski definition) is 1. The van der Waals surface area contributed by atoms with Crippen LogP contribution in [0.15, 0.2) is 64.3 Å². The molecule has 0 aliphatic carbocycles. The Morgan fingerprint density at radius 2 is 1.73 bits per heavy atom. The highest BCUT2D eigenvalue weighted by Gasteiger charge is 2.24. The molecular formula is C23H26N4O5S. The van der Waals surface area contributed by atoms with Crippen LogP contribution in [-0.4, -0.2) is 41.5 Å². The van der Waals surface area contributed by atoms with E-state index in [1.807, 2.05) is 19.1 Å². The van der Waals surface area contributed by atoms with E-state index in [2.05, 4.69) is 10.4 Å². The summed E-state index contributed by atoms with van der Waals surface area (Å²) in [6.07, 6.45) is 0. The Morgan fingerprint density at radius 1 is 1.06 bits per heavy atom. The van der Waals surface area contributed by atoms with Crippen molar-refractivity contribution >= 4 is 21.6 Å². The second-order valence-corrected chi connectivity index (χ2v) is 9.23. The lowest BCUT2D eigenvalue weighted by molar-refractivity contribution is 0.101. The second-order valence-electron chi connectivity index (χ2n) is 7.30. The van der Waals surface area contributed by atoms with Gasteiger partial charge in [0.15, 0.2) is 5.75 Å². The van der Waals surface area contributed by atoms with Gasteiger partial charge in [-0.3, -0.25) is 9.59 Å². The predicted molar refractivity (Wildman–Crippen MR) is 125 cm³/mol. The van der Waals surface area contributed by atoms with E-state index in [-0.39, 0.29) is 27.6 Å². The number of aromatic nitrogens is 2. The molecule has 0 atom stereocenters. The molecule has 0 aliphatic rings. The average Bonchev–Trinajstić information content (AvgIpc) is 2.78. The van der Waals surface area contributed by atoms with Gasteiger partial charge in [0, 0.05) is 26.2 Å². The first kappa shape index (κ1) is 24.1. The highest BCUT2D eigenvalue weighted by Crippen LogP contribution is 2.33. The second kappa shape index (κ2) is 9.97. The van der Waals surface area contributed by atoms with Crippen molar-refractivity contribution in [2.75, 3.05) is 18.4 Å². The minimum atomic E-state index is -3.77. The largest absolute Gasteiger partial charge is 0.455 e. The Kier molecular flexibility index (Phi) is 7.29. The molecule has 1 N–H and O–H groups in total. The summed E-state index contributed by atoms with van der Waals surface area (Å²) in [5, 5.41) is 6.61. The maximum absolute atomic E-state index is 13.0. The van der Waals surface area contributed by atoms with Gasteiger partial charge in [0.1, 0.15) is 11.4 Å². The number of hydrogen-bond acceptors (Lipinski definition) is 6. The lowest BCUT2D eigenvalue weighted by atomic mass is 10.2. The number of nitrogens with one attached hydrogen (secondary N) is 1. The number of ether oxygens (including phenoxy) is 1.